The summed E-state index contributed by atoms with van der Waals surface area (Å²) in [6, 6.07) is 8.20. The maximum absolute atomic E-state index is 12.4. The molecule has 0 amide bonds. The van der Waals surface area contributed by atoms with Crippen LogP contribution in [0.3, 0.4) is 0 Å². The number of hydrogen-bond donors (Lipinski definition) is 0. The first kappa shape index (κ1) is 15.7. The molecule has 0 bridgehead atoms. The van der Waals surface area contributed by atoms with Gasteiger partial charge in [-0.25, -0.2) is 0 Å². The molecule has 0 radical (unpaired) electrons. The number of nitriles is 1. The van der Waals surface area contributed by atoms with Gasteiger partial charge in [0.2, 0.25) is 0 Å². The van der Waals surface area contributed by atoms with Crippen molar-refractivity contribution >= 4 is 5.78 Å². The van der Waals surface area contributed by atoms with Gasteiger partial charge >= 0.3 is 0 Å². The van der Waals surface area contributed by atoms with Crippen LogP contribution in [0.15, 0.2) is 18.2 Å². The minimum atomic E-state index is 0.124. The van der Waals surface area contributed by atoms with Crippen LogP contribution in [0.1, 0.15) is 34.3 Å². The zero-order valence-corrected chi connectivity index (χ0v) is 12.6. The summed E-state index contributed by atoms with van der Waals surface area (Å²) in [6.07, 6.45) is 3.83. The summed E-state index contributed by atoms with van der Waals surface area (Å²) >= 11 is 0. The maximum atomic E-state index is 12.4. The van der Waals surface area contributed by atoms with Crippen LogP contribution in [-0.2, 0) is 17.6 Å². The summed E-state index contributed by atoms with van der Waals surface area (Å²) in [7, 11) is 1.64. The highest BCUT2D eigenvalue weighted by molar-refractivity contribution is 5.97. The third kappa shape index (κ3) is 4.38. The number of methoxy groups -OCH3 is 1. The van der Waals surface area contributed by atoms with Gasteiger partial charge in [-0.2, -0.15) is 5.26 Å². The number of fused-ring (bicyclic) bond motifs is 1. The van der Waals surface area contributed by atoms with Crippen molar-refractivity contribution in [3.05, 3.63) is 34.9 Å². The molecule has 1 aliphatic carbocycles. The minimum absolute atomic E-state index is 0.124. The molecular weight excluding hydrogens is 264 g/mol. The third-order valence-corrected chi connectivity index (χ3v) is 3.94. The molecule has 0 unspecified atom stereocenters. The molecule has 0 aliphatic heterocycles. The lowest BCUT2D eigenvalue weighted by atomic mass is 10.0. The van der Waals surface area contributed by atoms with Gasteiger partial charge in [-0.05, 0) is 36.5 Å². The van der Waals surface area contributed by atoms with Crippen molar-refractivity contribution in [3.63, 3.8) is 0 Å². The van der Waals surface area contributed by atoms with Gasteiger partial charge in [-0.1, -0.05) is 12.1 Å². The zero-order chi connectivity index (χ0) is 15.1. The lowest BCUT2D eigenvalue weighted by molar-refractivity contribution is 0.0898. The first-order valence-electron chi connectivity index (χ1n) is 7.48. The second-order valence-corrected chi connectivity index (χ2v) is 5.44. The van der Waals surface area contributed by atoms with Crippen molar-refractivity contribution < 1.29 is 9.53 Å². The van der Waals surface area contributed by atoms with E-state index in [1.165, 1.54) is 17.5 Å². The van der Waals surface area contributed by atoms with E-state index in [4.69, 9.17) is 10.00 Å². The number of carbonyl (C=O) groups is 1. The van der Waals surface area contributed by atoms with E-state index in [1.54, 1.807) is 7.11 Å². The van der Waals surface area contributed by atoms with Crippen molar-refractivity contribution in [3.8, 4) is 6.07 Å². The molecule has 112 valence electrons. The molecule has 4 nitrogen and oxygen atoms in total. The van der Waals surface area contributed by atoms with Crippen molar-refractivity contribution in [1.82, 2.24) is 4.90 Å². The fourth-order valence-electron chi connectivity index (χ4n) is 2.74. The van der Waals surface area contributed by atoms with Gasteiger partial charge in [0.15, 0.2) is 5.78 Å². The summed E-state index contributed by atoms with van der Waals surface area (Å²) in [5, 5.41) is 8.70. The van der Waals surface area contributed by atoms with Gasteiger partial charge in [0.1, 0.15) is 0 Å². The molecule has 0 saturated heterocycles. The standard InChI is InChI=1S/C17H22N2O2/c1-21-11-10-19(9-3-8-18)13-17(20)16-7-6-14-4-2-5-15(14)12-16/h6-7,12H,2-5,9-11,13H2,1H3. The van der Waals surface area contributed by atoms with Crippen LogP contribution in [-0.4, -0.2) is 44.0 Å². The van der Waals surface area contributed by atoms with E-state index in [-0.39, 0.29) is 5.78 Å². The van der Waals surface area contributed by atoms with Crippen LogP contribution >= 0.6 is 0 Å². The number of carbonyl (C=O) groups excluding carboxylic acids is 1. The van der Waals surface area contributed by atoms with Crippen molar-refractivity contribution in [1.29, 1.82) is 5.26 Å². The van der Waals surface area contributed by atoms with Crippen LogP contribution in [0.25, 0.3) is 0 Å². The highest BCUT2D eigenvalue weighted by Crippen LogP contribution is 2.23. The van der Waals surface area contributed by atoms with E-state index < -0.39 is 0 Å². The Labute approximate surface area is 126 Å². The summed E-state index contributed by atoms with van der Waals surface area (Å²) in [5.74, 6) is 0.124. The van der Waals surface area contributed by atoms with Gasteiger partial charge < -0.3 is 4.74 Å². The molecule has 1 aromatic rings. The van der Waals surface area contributed by atoms with Crippen molar-refractivity contribution in [2.24, 2.45) is 0 Å². The summed E-state index contributed by atoms with van der Waals surface area (Å²) in [4.78, 5) is 14.4. The van der Waals surface area contributed by atoms with Crippen molar-refractivity contribution in [2.45, 2.75) is 25.7 Å². The molecule has 4 heteroatoms. The molecule has 0 heterocycles. The number of aryl methyl sites for hydroxylation is 2. The van der Waals surface area contributed by atoms with Crippen LogP contribution < -0.4 is 0 Å². The molecule has 1 aliphatic rings. The van der Waals surface area contributed by atoms with Crippen LogP contribution in [0.5, 0.6) is 0 Å². The number of nitrogens with zero attached hydrogens (tertiary/aromatic N) is 2. The van der Waals surface area contributed by atoms with Gasteiger partial charge in [-0.15, -0.1) is 0 Å². The van der Waals surface area contributed by atoms with E-state index in [1.807, 2.05) is 17.0 Å². The molecular formula is C17H22N2O2. The van der Waals surface area contributed by atoms with E-state index in [0.29, 0.717) is 32.7 Å². The average Bonchev–Trinajstić information content (AvgIpc) is 2.97. The molecule has 1 aromatic carbocycles. The van der Waals surface area contributed by atoms with E-state index in [2.05, 4.69) is 12.1 Å². The molecule has 0 spiro atoms. The minimum Gasteiger partial charge on any atom is -0.383 e. The highest BCUT2D eigenvalue weighted by Gasteiger charge is 2.16. The first-order chi connectivity index (χ1) is 10.2. The quantitative estimate of drug-likeness (QED) is 0.688. The SMILES string of the molecule is COCCN(CCC#N)CC(=O)c1ccc2c(c1)CCC2. The Hall–Kier alpha value is -1.70. The Kier molecular flexibility index (Phi) is 5.91. The fourth-order valence-corrected chi connectivity index (χ4v) is 2.74. The van der Waals surface area contributed by atoms with Crippen LogP contribution in [0, 0.1) is 11.3 Å². The lowest BCUT2D eigenvalue weighted by Crippen LogP contribution is -2.33. The predicted molar refractivity (Wildman–Crippen MR) is 81.3 cm³/mol. The lowest BCUT2D eigenvalue weighted by Gasteiger charge is -2.20. The van der Waals surface area contributed by atoms with Gasteiger partial charge in [0.25, 0.3) is 0 Å². The molecule has 21 heavy (non-hydrogen) atoms. The van der Waals surface area contributed by atoms with E-state index >= 15 is 0 Å². The number of benzene rings is 1. The molecule has 0 atom stereocenters. The fraction of sp³-hybridized carbons (Fsp3) is 0.529. The largest absolute Gasteiger partial charge is 0.383 e. The van der Waals surface area contributed by atoms with Gasteiger partial charge in [0, 0.05) is 32.2 Å². The van der Waals surface area contributed by atoms with Crippen LogP contribution in [0.4, 0.5) is 0 Å². The highest BCUT2D eigenvalue weighted by atomic mass is 16.5. The number of rotatable bonds is 8. The van der Waals surface area contributed by atoms with Crippen LogP contribution in [0.2, 0.25) is 0 Å². The Bertz CT molecular complexity index is 534. The number of Topliss-reactive ketones (excluding diaryl/α,β-unsaturated/α-hetero) is 1. The Morgan fingerprint density at radius 1 is 1.33 bits per heavy atom. The van der Waals surface area contributed by atoms with Gasteiger partial charge in [-0.3, -0.25) is 9.69 Å². The van der Waals surface area contributed by atoms with E-state index in [0.717, 1.165) is 18.4 Å². The topological polar surface area (TPSA) is 53.3 Å². The Balaban J connectivity index is 1.98. The zero-order valence-electron chi connectivity index (χ0n) is 12.6. The summed E-state index contributed by atoms with van der Waals surface area (Å²) in [5.41, 5.74) is 3.49. The maximum Gasteiger partial charge on any atom is 0.176 e. The smallest absolute Gasteiger partial charge is 0.176 e. The van der Waals surface area contributed by atoms with Crippen molar-refractivity contribution in [2.75, 3.05) is 33.4 Å². The molecule has 2 rings (SSSR count). The summed E-state index contributed by atoms with van der Waals surface area (Å²) < 4.78 is 5.06. The second kappa shape index (κ2) is 7.92. The predicted octanol–water partition coefficient (Wildman–Crippen LogP) is 2.22. The third-order valence-electron chi connectivity index (χ3n) is 3.94. The second-order valence-electron chi connectivity index (χ2n) is 5.44. The average molecular weight is 286 g/mol. The molecule has 0 saturated carbocycles. The number of ether oxygens (including phenoxy) is 1. The van der Waals surface area contributed by atoms with E-state index in [9.17, 15) is 4.79 Å². The molecule has 0 aromatic heterocycles. The van der Waals surface area contributed by atoms with Gasteiger partial charge in [0.05, 0.1) is 19.2 Å². The first-order valence-corrected chi connectivity index (χ1v) is 7.48. The Morgan fingerprint density at radius 2 is 2.14 bits per heavy atom. The number of hydrogen-bond acceptors (Lipinski definition) is 4. The Morgan fingerprint density at radius 3 is 2.90 bits per heavy atom. The molecule has 0 N–H and O–H groups in total. The summed E-state index contributed by atoms with van der Waals surface area (Å²) in [6.45, 7) is 2.21. The normalized spacial score (nSPS) is 13.2. The molecule has 0 fully saturated rings. The number of ketones is 1. The monoisotopic (exact) mass is 286 g/mol.